The summed E-state index contributed by atoms with van der Waals surface area (Å²) >= 11 is 0. The van der Waals surface area contributed by atoms with Crippen molar-refractivity contribution in [1.29, 1.82) is 0 Å². The average molecular weight is 287 g/mol. The molecule has 0 saturated carbocycles. The van der Waals surface area contributed by atoms with Crippen LogP contribution in [-0.2, 0) is 0 Å². The highest BCUT2D eigenvalue weighted by Gasteiger charge is 2.16. The summed E-state index contributed by atoms with van der Waals surface area (Å²) in [5, 5.41) is 9.74. The molecule has 1 amide bonds. The minimum absolute atomic E-state index is 0.228. The van der Waals surface area contributed by atoms with E-state index in [2.05, 4.69) is 29.4 Å². The summed E-state index contributed by atoms with van der Waals surface area (Å²) in [5.74, 6) is 1.88. The van der Waals surface area contributed by atoms with E-state index in [4.69, 9.17) is 9.47 Å². The van der Waals surface area contributed by atoms with E-state index in [-0.39, 0.29) is 5.91 Å². The molecule has 2 heterocycles. The molecular formula is C15H17N3O3. The fourth-order valence-electron chi connectivity index (χ4n) is 2.07. The van der Waals surface area contributed by atoms with Gasteiger partial charge in [0.05, 0.1) is 0 Å². The molecule has 6 nitrogen and oxygen atoms in total. The third kappa shape index (κ3) is 2.84. The molecule has 1 aromatic carbocycles. The Morgan fingerprint density at radius 2 is 2.00 bits per heavy atom. The molecule has 1 aromatic heterocycles. The maximum atomic E-state index is 12.2. The first kappa shape index (κ1) is 13.5. The lowest BCUT2D eigenvalue weighted by molar-refractivity contribution is 0.102. The number of rotatable bonds is 3. The molecule has 0 fully saturated rings. The van der Waals surface area contributed by atoms with E-state index in [0.29, 0.717) is 42.0 Å². The molecule has 1 aliphatic heterocycles. The number of H-pyrrole nitrogens is 1. The average Bonchev–Trinajstić information content (AvgIpc) is 2.95. The summed E-state index contributed by atoms with van der Waals surface area (Å²) in [7, 11) is 0. The second kappa shape index (κ2) is 5.47. The van der Waals surface area contributed by atoms with Crippen LogP contribution in [0.2, 0.25) is 0 Å². The van der Waals surface area contributed by atoms with Gasteiger partial charge >= 0.3 is 0 Å². The Labute approximate surface area is 122 Å². The first-order valence-corrected chi connectivity index (χ1v) is 6.90. The second-order valence-corrected chi connectivity index (χ2v) is 5.18. The third-order valence-electron chi connectivity index (χ3n) is 3.27. The van der Waals surface area contributed by atoms with Gasteiger partial charge in [0, 0.05) is 17.3 Å². The van der Waals surface area contributed by atoms with Crippen molar-refractivity contribution in [2.45, 2.75) is 19.8 Å². The zero-order valence-electron chi connectivity index (χ0n) is 12.0. The number of aromatic nitrogens is 2. The molecule has 0 bridgehead atoms. The van der Waals surface area contributed by atoms with Gasteiger partial charge in [-0.3, -0.25) is 9.89 Å². The van der Waals surface area contributed by atoms with E-state index >= 15 is 0 Å². The van der Waals surface area contributed by atoms with Gasteiger partial charge in [-0.05, 0) is 24.1 Å². The van der Waals surface area contributed by atoms with Crippen molar-refractivity contribution in [2.75, 3.05) is 18.5 Å². The van der Waals surface area contributed by atoms with Gasteiger partial charge in [0.2, 0.25) is 0 Å². The number of aromatic amines is 1. The van der Waals surface area contributed by atoms with Gasteiger partial charge in [0.15, 0.2) is 17.3 Å². The Bertz CT molecular complexity index is 664. The highest BCUT2D eigenvalue weighted by Crippen LogP contribution is 2.30. The molecule has 0 radical (unpaired) electrons. The number of benzene rings is 1. The summed E-state index contributed by atoms with van der Waals surface area (Å²) in [6.07, 6.45) is 0. The summed E-state index contributed by atoms with van der Waals surface area (Å²) in [4.78, 5) is 12.2. The summed E-state index contributed by atoms with van der Waals surface area (Å²) in [6, 6.07) is 6.97. The SMILES string of the molecule is CC(C)c1cc(NC(=O)c2ccc3c(c2)OCCO3)n[nH]1. The maximum absolute atomic E-state index is 12.2. The topological polar surface area (TPSA) is 76.2 Å². The van der Waals surface area contributed by atoms with Crippen molar-refractivity contribution >= 4 is 11.7 Å². The van der Waals surface area contributed by atoms with E-state index in [0.717, 1.165) is 5.69 Å². The molecule has 2 aromatic rings. The predicted molar refractivity (Wildman–Crippen MR) is 78.1 cm³/mol. The van der Waals surface area contributed by atoms with Crippen molar-refractivity contribution in [2.24, 2.45) is 0 Å². The predicted octanol–water partition coefficient (Wildman–Crippen LogP) is 2.56. The molecule has 6 heteroatoms. The van der Waals surface area contributed by atoms with Crippen molar-refractivity contribution in [3.05, 3.63) is 35.5 Å². The third-order valence-corrected chi connectivity index (χ3v) is 3.27. The molecule has 0 spiro atoms. The number of hydrogen-bond donors (Lipinski definition) is 2. The van der Waals surface area contributed by atoms with Gasteiger partial charge in [-0.2, -0.15) is 5.10 Å². The fraction of sp³-hybridized carbons (Fsp3) is 0.333. The molecule has 0 saturated heterocycles. The zero-order chi connectivity index (χ0) is 14.8. The van der Waals surface area contributed by atoms with Gasteiger partial charge in [-0.1, -0.05) is 13.8 Å². The maximum Gasteiger partial charge on any atom is 0.257 e. The lowest BCUT2D eigenvalue weighted by Gasteiger charge is -2.18. The number of fused-ring (bicyclic) bond motifs is 1. The van der Waals surface area contributed by atoms with Gasteiger partial charge in [-0.25, -0.2) is 0 Å². The van der Waals surface area contributed by atoms with Crippen LogP contribution in [0, 0.1) is 0 Å². The monoisotopic (exact) mass is 287 g/mol. The van der Waals surface area contributed by atoms with Gasteiger partial charge in [0.25, 0.3) is 5.91 Å². The van der Waals surface area contributed by atoms with Crippen LogP contribution in [-0.4, -0.2) is 29.3 Å². The van der Waals surface area contributed by atoms with Crippen LogP contribution in [0.5, 0.6) is 11.5 Å². The molecule has 110 valence electrons. The minimum Gasteiger partial charge on any atom is -0.486 e. The van der Waals surface area contributed by atoms with E-state index in [9.17, 15) is 4.79 Å². The normalized spacial score (nSPS) is 13.3. The van der Waals surface area contributed by atoms with E-state index in [1.807, 2.05) is 6.07 Å². The standard InChI is InChI=1S/C15H17N3O3/c1-9(2)11-8-14(18-17-11)16-15(19)10-3-4-12-13(7-10)21-6-5-20-12/h3-4,7-9H,5-6H2,1-2H3,(H2,16,17,18,19). The summed E-state index contributed by atoms with van der Waals surface area (Å²) in [6.45, 7) is 5.14. The van der Waals surface area contributed by atoms with E-state index in [1.54, 1.807) is 18.2 Å². The molecular weight excluding hydrogens is 270 g/mol. The lowest BCUT2D eigenvalue weighted by atomic mass is 10.1. The fourth-order valence-corrected chi connectivity index (χ4v) is 2.07. The van der Waals surface area contributed by atoms with Gasteiger partial charge in [-0.15, -0.1) is 0 Å². The Hall–Kier alpha value is -2.50. The molecule has 2 N–H and O–H groups in total. The van der Waals surface area contributed by atoms with Crippen molar-refractivity contribution in [1.82, 2.24) is 10.2 Å². The van der Waals surface area contributed by atoms with Crippen molar-refractivity contribution in [3.8, 4) is 11.5 Å². The Balaban J connectivity index is 1.75. The highest BCUT2D eigenvalue weighted by molar-refractivity contribution is 6.04. The number of anilines is 1. The number of amides is 1. The minimum atomic E-state index is -0.228. The lowest BCUT2D eigenvalue weighted by Crippen LogP contribution is -2.17. The second-order valence-electron chi connectivity index (χ2n) is 5.18. The quantitative estimate of drug-likeness (QED) is 0.909. The largest absolute Gasteiger partial charge is 0.486 e. The van der Waals surface area contributed by atoms with Crippen LogP contribution in [0.4, 0.5) is 5.82 Å². The smallest absolute Gasteiger partial charge is 0.257 e. The Morgan fingerprint density at radius 1 is 1.24 bits per heavy atom. The molecule has 1 aliphatic rings. The molecule has 0 atom stereocenters. The Kier molecular flexibility index (Phi) is 3.51. The number of ether oxygens (including phenoxy) is 2. The van der Waals surface area contributed by atoms with Crippen LogP contribution < -0.4 is 14.8 Å². The molecule has 21 heavy (non-hydrogen) atoms. The molecule has 0 aliphatic carbocycles. The van der Waals surface area contributed by atoms with Crippen LogP contribution >= 0.6 is 0 Å². The molecule has 0 unspecified atom stereocenters. The summed E-state index contributed by atoms with van der Waals surface area (Å²) < 4.78 is 10.9. The number of hydrogen-bond acceptors (Lipinski definition) is 4. The number of nitrogens with zero attached hydrogens (tertiary/aromatic N) is 1. The number of nitrogens with one attached hydrogen (secondary N) is 2. The van der Waals surface area contributed by atoms with Crippen LogP contribution in [0.3, 0.4) is 0 Å². The zero-order valence-corrected chi connectivity index (χ0v) is 12.0. The highest BCUT2D eigenvalue weighted by atomic mass is 16.6. The van der Waals surface area contributed by atoms with Crippen molar-refractivity contribution < 1.29 is 14.3 Å². The first-order chi connectivity index (χ1) is 10.1. The van der Waals surface area contributed by atoms with Gasteiger partial charge in [0.1, 0.15) is 13.2 Å². The number of carbonyl (C=O) groups is 1. The molecule has 3 rings (SSSR count). The number of carbonyl (C=O) groups excluding carboxylic acids is 1. The van der Waals surface area contributed by atoms with Crippen LogP contribution in [0.15, 0.2) is 24.3 Å². The van der Waals surface area contributed by atoms with E-state index < -0.39 is 0 Å². The van der Waals surface area contributed by atoms with Crippen LogP contribution in [0.25, 0.3) is 0 Å². The van der Waals surface area contributed by atoms with Crippen molar-refractivity contribution in [3.63, 3.8) is 0 Å². The van der Waals surface area contributed by atoms with Gasteiger partial charge < -0.3 is 14.8 Å². The summed E-state index contributed by atoms with van der Waals surface area (Å²) in [5.41, 5.74) is 1.49. The Morgan fingerprint density at radius 3 is 2.71 bits per heavy atom. The van der Waals surface area contributed by atoms with Crippen LogP contribution in [0.1, 0.15) is 35.8 Å². The first-order valence-electron chi connectivity index (χ1n) is 6.90. The van der Waals surface area contributed by atoms with E-state index in [1.165, 1.54) is 0 Å².